The van der Waals surface area contributed by atoms with Gasteiger partial charge in [-0.15, -0.1) is 6.58 Å². The van der Waals surface area contributed by atoms with E-state index in [-0.39, 0.29) is 6.04 Å². The maximum absolute atomic E-state index is 5.27. The molecular weight excluding hydrogens is 152 g/mol. The molecule has 1 aromatic heterocycles. The van der Waals surface area contributed by atoms with E-state index < -0.39 is 0 Å². The van der Waals surface area contributed by atoms with E-state index in [0.29, 0.717) is 0 Å². The van der Waals surface area contributed by atoms with Crippen molar-refractivity contribution in [1.29, 1.82) is 0 Å². The van der Waals surface area contributed by atoms with Gasteiger partial charge in [-0.3, -0.25) is 11.3 Å². The van der Waals surface area contributed by atoms with Crippen LogP contribution < -0.4 is 11.3 Å². The van der Waals surface area contributed by atoms with Crippen LogP contribution in [0.25, 0.3) is 0 Å². The van der Waals surface area contributed by atoms with Crippen LogP contribution in [0.4, 0.5) is 0 Å². The summed E-state index contributed by atoms with van der Waals surface area (Å²) in [5, 5.41) is 0. The lowest BCUT2D eigenvalue weighted by molar-refractivity contribution is 0.480. The molecule has 0 saturated carbocycles. The summed E-state index contributed by atoms with van der Waals surface area (Å²) in [5.41, 5.74) is 2.65. The molecule has 0 aromatic carbocycles. The van der Waals surface area contributed by atoms with Crippen LogP contribution >= 0.6 is 0 Å². The fraction of sp³-hybridized carbons (Fsp3) is 0.333. The number of nitrogens with two attached hydrogens (primary N) is 1. The highest BCUT2D eigenvalue weighted by molar-refractivity contribution is 4.99. The fourth-order valence-electron chi connectivity index (χ4n) is 1.02. The van der Waals surface area contributed by atoms with E-state index in [4.69, 9.17) is 10.3 Å². The highest BCUT2D eigenvalue weighted by atomic mass is 16.3. The third-order valence-corrected chi connectivity index (χ3v) is 1.78. The second-order valence-corrected chi connectivity index (χ2v) is 2.63. The molecule has 3 nitrogen and oxygen atoms in total. The molecule has 0 spiro atoms. The number of hydrogen-bond acceptors (Lipinski definition) is 3. The predicted molar refractivity (Wildman–Crippen MR) is 48.3 cm³/mol. The van der Waals surface area contributed by atoms with Crippen molar-refractivity contribution in [3.63, 3.8) is 0 Å². The Kier molecular flexibility index (Phi) is 3.57. The quantitative estimate of drug-likeness (QED) is 0.393. The Morgan fingerprint density at radius 2 is 2.58 bits per heavy atom. The maximum atomic E-state index is 5.27. The van der Waals surface area contributed by atoms with Gasteiger partial charge in [0.05, 0.1) is 6.26 Å². The van der Waals surface area contributed by atoms with E-state index in [9.17, 15) is 0 Å². The first-order valence-electron chi connectivity index (χ1n) is 3.98. The number of aryl methyl sites for hydroxylation is 1. The first-order valence-corrected chi connectivity index (χ1v) is 3.98. The second kappa shape index (κ2) is 4.74. The first-order chi connectivity index (χ1) is 5.86. The van der Waals surface area contributed by atoms with Gasteiger partial charge in [0.1, 0.15) is 5.76 Å². The van der Waals surface area contributed by atoms with Gasteiger partial charge in [-0.2, -0.15) is 0 Å². The summed E-state index contributed by atoms with van der Waals surface area (Å²) in [6, 6.07) is 4.00. The van der Waals surface area contributed by atoms with Gasteiger partial charge in [0.2, 0.25) is 0 Å². The molecule has 0 saturated heterocycles. The summed E-state index contributed by atoms with van der Waals surface area (Å²) in [7, 11) is 0. The average Bonchev–Trinajstić information content (AvgIpc) is 2.59. The summed E-state index contributed by atoms with van der Waals surface area (Å²) < 4.78 is 5.17. The van der Waals surface area contributed by atoms with Gasteiger partial charge in [0, 0.05) is 12.5 Å². The van der Waals surface area contributed by atoms with Crippen LogP contribution in [0.15, 0.2) is 35.5 Å². The Bertz CT molecular complexity index is 218. The van der Waals surface area contributed by atoms with Gasteiger partial charge in [0.25, 0.3) is 0 Å². The Morgan fingerprint density at radius 3 is 3.08 bits per heavy atom. The lowest BCUT2D eigenvalue weighted by atomic mass is 10.1. The molecule has 12 heavy (non-hydrogen) atoms. The molecule has 1 rings (SSSR count). The van der Waals surface area contributed by atoms with Gasteiger partial charge in [-0.25, -0.2) is 0 Å². The monoisotopic (exact) mass is 166 g/mol. The van der Waals surface area contributed by atoms with Crippen LogP contribution in [0, 0.1) is 0 Å². The number of hydrogen-bond donors (Lipinski definition) is 2. The first kappa shape index (κ1) is 9.03. The third-order valence-electron chi connectivity index (χ3n) is 1.78. The number of furan rings is 1. The lowest BCUT2D eigenvalue weighted by Crippen LogP contribution is -2.33. The summed E-state index contributed by atoms with van der Waals surface area (Å²) in [6.45, 7) is 3.66. The zero-order valence-corrected chi connectivity index (χ0v) is 6.99. The molecular formula is C9H14N2O. The Hall–Kier alpha value is -1.06. The van der Waals surface area contributed by atoms with Crippen molar-refractivity contribution < 1.29 is 4.42 Å². The Labute approximate surface area is 72.2 Å². The normalized spacial score (nSPS) is 12.8. The molecule has 0 fully saturated rings. The topological polar surface area (TPSA) is 51.2 Å². The van der Waals surface area contributed by atoms with Crippen molar-refractivity contribution in [2.75, 3.05) is 0 Å². The highest BCUT2D eigenvalue weighted by Gasteiger charge is 2.02. The maximum Gasteiger partial charge on any atom is 0.103 e. The predicted octanol–water partition coefficient (Wildman–Crippen LogP) is 1.23. The fourth-order valence-corrected chi connectivity index (χ4v) is 1.02. The summed E-state index contributed by atoms with van der Waals surface area (Å²) in [5.74, 6) is 6.25. The van der Waals surface area contributed by atoms with Crippen LogP contribution in [0.1, 0.15) is 12.2 Å². The van der Waals surface area contributed by atoms with Crippen LogP contribution in [-0.2, 0) is 6.42 Å². The molecule has 3 heteroatoms. The van der Waals surface area contributed by atoms with Crippen molar-refractivity contribution in [2.24, 2.45) is 5.84 Å². The van der Waals surface area contributed by atoms with Gasteiger partial charge in [-0.1, -0.05) is 6.08 Å². The molecule has 0 aliphatic heterocycles. The Morgan fingerprint density at radius 1 is 1.75 bits per heavy atom. The minimum absolute atomic E-state index is 0.162. The molecule has 1 unspecified atom stereocenters. The average molecular weight is 166 g/mol. The smallest absolute Gasteiger partial charge is 0.103 e. The van der Waals surface area contributed by atoms with Gasteiger partial charge >= 0.3 is 0 Å². The van der Waals surface area contributed by atoms with Crippen LogP contribution in [0.5, 0.6) is 0 Å². The summed E-state index contributed by atoms with van der Waals surface area (Å²) in [6.07, 6.45) is 5.26. The highest BCUT2D eigenvalue weighted by Crippen LogP contribution is 2.05. The number of hydrazine groups is 1. The van der Waals surface area contributed by atoms with Crippen molar-refractivity contribution >= 4 is 0 Å². The van der Waals surface area contributed by atoms with Crippen molar-refractivity contribution in [3.8, 4) is 0 Å². The molecule has 1 atom stereocenters. The summed E-state index contributed by atoms with van der Waals surface area (Å²) >= 11 is 0. The van der Waals surface area contributed by atoms with Crippen molar-refractivity contribution in [2.45, 2.75) is 18.9 Å². The van der Waals surface area contributed by atoms with Gasteiger partial charge in [-0.05, 0) is 18.6 Å². The molecule has 0 bridgehead atoms. The minimum atomic E-state index is 0.162. The summed E-state index contributed by atoms with van der Waals surface area (Å²) in [4.78, 5) is 0. The van der Waals surface area contributed by atoms with E-state index in [1.54, 1.807) is 12.3 Å². The van der Waals surface area contributed by atoms with Gasteiger partial charge < -0.3 is 4.42 Å². The van der Waals surface area contributed by atoms with Gasteiger partial charge in [0.15, 0.2) is 0 Å². The minimum Gasteiger partial charge on any atom is -0.469 e. The van der Waals surface area contributed by atoms with Crippen molar-refractivity contribution in [3.05, 3.63) is 36.8 Å². The molecule has 0 radical (unpaired) electrons. The third kappa shape index (κ3) is 2.53. The SMILES string of the molecule is C=CC(CCc1ccco1)NN. The van der Waals surface area contributed by atoms with Crippen LogP contribution in [0.3, 0.4) is 0 Å². The Balaban J connectivity index is 2.30. The van der Waals surface area contributed by atoms with Crippen LogP contribution in [-0.4, -0.2) is 6.04 Å². The molecule has 1 heterocycles. The van der Waals surface area contributed by atoms with Crippen molar-refractivity contribution in [1.82, 2.24) is 5.43 Å². The zero-order valence-electron chi connectivity index (χ0n) is 6.99. The molecule has 0 aliphatic rings. The molecule has 3 N–H and O–H groups in total. The van der Waals surface area contributed by atoms with E-state index in [1.165, 1.54) is 0 Å². The van der Waals surface area contributed by atoms with Crippen LogP contribution in [0.2, 0.25) is 0 Å². The number of rotatable bonds is 5. The molecule has 0 aliphatic carbocycles. The lowest BCUT2D eigenvalue weighted by Gasteiger charge is -2.08. The van der Waals surface area contributed by atoms with E-state index in [0.717, 1.165) is 18.6 Å². The van der Waals surface area contributed by atoms with E-state index >= 15 is 0 Å². The van der Waals surface area contributed by atoms with E-state index in [2.05, 4.69) is 12.0 Å². The second-order valence-electron chi connectivity index (χ2n) is 2.63. The standard InChI is InChI=1S/C9H14N2O/c1-2-8(11-10)5-6-9-4-3-7-12-9/h2-4,7-8,11H,1,5-6,10H2. The zero-order chi connectivity index (χ0) is 8.81. The molecule has 1 aromatic rings. The van der Waals surface area contributed by atoms with E-state index in [1.807, 2.05) is 12.1 Å². The largest absolute Gasteiger partial charge is 0.469 e. The molecule has 66 valence electrons. The number of nitrogens with one attached hydrogen (secondary N) is 1. The molecule has 0 amide bonds.